The normalized spacial score (nSPS) is 12.9. The van der Waals surface area contributed by atoms with Crippen molar-refractivity contribution < 1.29 is 9.90 Å². The summed E-state index contributed by atoms with van der Waals surface area (Å²) in [7, 11) is 1.99. The molecule has 1 aromatic heterocycles. The molecule has 0 saturated carbocycles. The SMILES string of the molecule is CC(C)CC(C)N(C)c1ncccc1/C=C/C(=O)O. The van der Waals surface area contributed by atoms with E-state index in [9.17, 15) is 4.79 Å². The molecule has 4 nitrogen and oxygen atoms in total. The number of hydrogen-bond acceptors (Lipinski definition) is 3. The zero-order valence-corrected chi connectivity index (χ0v) is 12.0. The second-order valence-electron chi connectivity index (χ2n) is 5.18. The summed E-state index contributed by atoms with van der Waals surface area (Å²) in [6.45, 7) is 6.53. The van der Waals surface area contributed by atoms with Crippen molar-refractivity contribution in [3.63, 3.8) is 0 Å². The molecular formula is C15H22N2O2. The van der Waals surface area contributed by atoms with Gasteiger partial charge < -0.3 is 10.0 Å². The highest BCUT2D eigenvalue weighted by molar-refractivity contribution is 5.86. The minimum Gasteiger partial charge on any atom is -0.478 e. The standard InChI is InChI=1S/C15H22N2O2/c1-11(2)10-12(3)17(4)15-13(6-5-9-16-15)7-8-14(18)19/h5-9,11-12H,10H2,1-4H3,(H,18,19)/b8-7+. The van der Waals surface area contributed by atoms with Gasteiger partial charge in [-0.25, -0.2) is 9.78 Å². The number of aromatic nitrogens is 1. The van der Waals surface area contributed by atoms with Gasteiger partial charge in [0.1, 0.15) is 5.82 Å². The number of hydrogen-bond donors (Lipinski definition) is 1. The first-order chi connectivity index (χ1) is 8.91. The van der Waals surface area contributed by atoms with Crippen LogP contribution in [0.25, 0.3) is 6.08 Å². The molecule has 0 amide bonds. The van der Waals surface area contributed by atoms with Gasteiger partial charge in [0.05, 0.1) is 0 Å². The van der Waals surface area contributed by atoms with Crippen LogP contribution in [-0.4, -0.2) is 29.1 Å². The Balaban J connectivity index is 2.96. The second kappa shape index (κ2) is 6.92. The zero-order valence-electron chi connectivity index (χ0n) is 12.0. The summed E-state index contributed by atoms with van der Waals surface area (Å²) in [5, 5.41) is 8.71. The molecule has 0 radical (unpaired) electrons. The third kappa shape index (κ3) is 4.73. The van der Waals surface area contributed by atoms with Crippen LogP contribution in [0.3, 0.4) is 0 Å². The average Bonchev–Trinajstić information content (AvgIpc) is 2.35. The lowest BCUT2D eigenvalue weighted by atomic mass is 10.0. The summed E-state index contributed by atoms with van der Waals surface area (Å²) in [6, 6.07) is 4.04. The van der Waals surface area contributed by atoms with Crippen molar-refractivity contribution in [1.82, 2.24) is 4.98 Å². The van der Waals surface area contributed by atoms with Crippen molar-refractivity contribution in [2.75, 3.05) is 11.9 Å². The monoisotopic (exact) mass is 262 g/mol. The van der Waals surface area contributed by atoms with Gasteiger partial charge in [-0.3, -0.25) is 0 Å². The van der Waals surface area contributed by atoms with Crippen molar-refractivity contribution in [3.8, 4) is 0 Å². The van der Waals surface area contributed by atoms with Crippen molar-refractivity contribution in [3.05, 3.63) is 30.0 Å². The van der Waals surface area contributed by atoms with Gasteiger partial charge in [0.25, 0.3) is 0 Å². The predicted molar refractivity (Wildman–Crippen MR) is 78.2 cm³/mol. The van der Waals surface area contributed by atoms with Crippen LogP contribution >= 0.6 is 0 Å². The largest absolute Gasteiger partial charge is 0.478 e. The molecule has 0 bridgehead atoms. The lowest BCUT2D eigenvalue weighted by Crippen LogP contribution is -2.31. The van der Waals surface area contributed by atoms with Crippen LogP contribution in [-0.2, 0) is 4.79 Å². The first kappa shape index (κ1) is 15.2. The lowest BCUT2D eigenvalue weighted by Gasteiger charge is -2.28. The fourth-order valence-electron chi connectivity index (χ4n) is 2.04. The molecule has 0 saturated heterocycles. The molecule has 0 aliphatic carbocycles. The van der Waals surface area contributed by atoms with E-state index >= 15 is 0 Å². The fourth-order valence-corrected chi connectivity index (χ4v) is 2.04. The molecule has 1 aromatic rings. The molecular weight excluding hydrogens is 240 g/mol. The fraction of sp³-hybridized carbons (Fsp3) is 0.467. The molecule has 1 heterocycles. The van der Waals surface area contributed by atoms with Crippen molar-refractivity contribution in [2.24, 2.45) is 5.92 Å². The van der Waals surface area contributed by atoms with Crippen molar-refractivity contribution in [1.29, 1.82) is 0 Å². The van der Waals surface area contributed by atoms with Crippen LogP contribution in [0.2, 0.25) is 0 Å². The molecule has 0 aromatic carbocycles. The number of aliphatic carboxylic acids is 1. The van der Waals surface area contributed by atoms with Gasteiger partial charge in [-0.15, -0.1) is 0 Å². The van der Waals surface area contributed by atoms with Gasteiger partial charge >= 0.3 is 5.97 Å². The van der Waals surface area contributed by atoms with E-state index in [4.69, 9.17) is 5.11 Å². The van der Waals surface area contributed by atoms with Crippen LogP contribution in [0.15, 0.2) is 24.4 Å². The maximum absolute atomic E-state index is 10.6. The molecule has 4 heteroatoms. The number of carboxylic acid groups (broad SMARTS) is 1. The summed E-state index contributed by atoms with van der Waals surface area (Å²) >= 11 is 0. The quantitative estimate of drug-likeness (QED) is 0.801. The average molecular weight is 262 g/mol. The Morgan fingerprint density at radius 2 is 2.16 bits per heavy atom. The Morgan fingerprint density at radius 1 is 1.47 bits per heavy atom. The van der Waals surface area contributed by atoms with Gasteiger partial charge in [0.15, 0.2) is 0 Å². The van der Waals surface area contributed by atoms with Gasteiger partial charge in [0, 0.05) is 30.9 Å². The van der Waals surface area contributed by atoms with E-state index in [1.165, 1.54) is 0 Å². The summed E-state index contributed by atoms with van der Waals surface area (Å²) in [6.07, 6.45) is 5.52. The first-order valence-electron chi connectivity index (χ1n) is 6.50. The molecule has 104 valence electrons. The highest BCUT2D eigenvalue weighted by atomic mass is 16.4. The van der Waals surface area contributed by atoms with Crippen molar-refractivity contribution in [2.45, 2.75) is 33.2 Å². The molecule has 1 atom stereocenters. The molecule has 0 fully saturated rings. The van der Waals surface area contributed by atoms with Crippen LogP contribution in [0.4, 0.5) is 5.82 Å². The molecule has 0 spiro atoms. The number of anilines is 1. The second-order valence-corrected chi connectivity index (χ2v) is 5.18. The van der Waals surface area contributed by atoms with Crippen LogP contribution < -0.4 is 4.90 Å². The molecule has 0 aliphatic heterocycles. The molecule has 0 aliphatic rings. The molecule has 1 unspecified atom stereocenters. The summed E-state index contributed by atoms with van der Waals surface area (Å²) < 4.78 is 0. The Bertz CT molecular complexity index is 455. The van der Waals surface area contributed by atoms with E-state index in [2.05, 4.69) is 30.7 Å². The highest BCUT2D eigenvalue weighted by Crippen LogP contribution is 2.21. The van der Waals surface area contributed by atoms with E-state index in [-0.39, 0.29) is 0 Å². The Morgan fingerprint density at radius 3 is 2.74 bits per heavy atom. The van der Waals surface area contributed by atoms with E-state index in [0.717, 1.165) is 23.9 Å². The summed E-state index contributed by atoms with van der Waals surface area (Å²) in [5.41, 5.74) is 0.822. The van der Waals surface area contributed by atoms with E-state index < -0.39 is 5.97 Å². The number of carboxylic acids is 1. The number of pyridine rings is 1. The number of carbonyl (C=O) groups is 1. The number of rotatable bonds is 6. The maximum Gasteiger partial charge on any atom is 0.328 e. The minimum absolute atomic E-state index is 0.354. The lowest BCUT2D eigenvalue weighted by molar-refractivity contribution is -0.131. The smallest absolute Gasteiger partial charge is 0.328 e. The maximum atomic E-state index is 10.6. The highest BCUT2D eigenvalue weighted by Gasteiger charge is 2.14. The third-order valence-electron chi connectivity index (χ3n) is 3.03. The Labute approximate surface area is 114 Å². The topological polar surface area (TPSA) is 53.4 Å². The van der Waals surface area contributed by atoms with Gasteiger partial charge in [-0.1, -0.05) is 13.8 Å². The van der Waals surface area contributed by atoms with E-state index in [0.29, 0.717) is 12.0 Å². The van der Waals surface area contributed by atoms with Gasteiger partial charge in [-0.05, 0) is 37.5 Å². The number of nitrogens with zero attached hydrogens (tertiary/aromatic N) is 2. The van der Waals surface area contributed by atoms with Crippen LogP contribution in [0.1, 0.15) is 32.8 Å². The summed E-state index contributed by atoms with van der Waals surface area (Å²) in [5.74, 6) is 0.472. The minimum atomic E-state index is -0.951. The first-order valence-corrected chi connectivity index (χ1v) is 6.50. The molecule has 1 rings (SSSR count). The van der Waals surface area contributed by atoms with E-state index in [1.54, 1.807) is 12.3 Å². The van der Waals surface area contributed by atoms with E-state index in [1.807, 2.05) is 19.2 Å². The Hall–Kier alpha value is -1.84. The van der Waals surface area contributed by atoms with Crippen molar-refractivity contribution >= 4 is 17.9 Å². The summed E-state index contributed by atoms with van der Waals surface area (Å²) in [4.78, 5) is 17.1. The van der Waals surface area contributed by atoms with Gasteiger partial charge in [-0.2, -0.15) is 0 Å². The third-order valence-corrected chi connectivity index (χ3v) is 3.03. The zero-order chi connectivity index (χ0) is 14.4. The van der Waals surface area contributed by atoms with Crippen LogP contribution in [0.5, 0.6) is 0 Å². The Kier molecular flexibility index (Phi) is 5.55. The van der Waals surface area contributed by atoms with Crippen LogP contribution in [0, 0.1) is 5.92 Å². The molecule has 19 heavy (non-hydrogen) atoms. The van der Waals surface area contributed by atoms with Gasteiger partial charge in [0.2, 0.25) is 0 Å². The predicted octanol–water partition coefficient (Wildman–Crippen LogP) is 3.05. The molecule has 1 N–H and O–H groups in total.